The van der Waals surface area contributed by atoms with Gasteiger partial charge in [-0.2, -0.15) is 0 Å². The van der Waals surface area contributed by atoms with E-state index in [1.807, 2.05) is 0 Å². The Balaban J connectivity index is 1.77. The Morgan fingerprint density at radius 3 is 2.15 bits per heavy atom. The molecule has 2 aromatic carbocycles. The SMILES string of the molecule is COc1ccc(C(=O)NCC(=O)NCCc2c(C)cc(C)cc2C)cc1. The molecule has 5 nitrogen and oxygen atoms in total. The highest BCUT2D eigenvalue weighted by molar-refractivity contribution is 5.96. The summed E-state index contributed by atoms with van der Waals surface area (Å²) in [5.41, 5.74) is 5.48. The summed E-state index contributed by atoms with van der Waals surface area (Å²) < 4.78 is 5.06. The van der Waals surface area contributed by atoms with Gasteiger partial charge in [-0.15, -0.1) is 0 Å². The predicted molar refractivity (Wildman–Crippen MR) is 103 cm³/mol. The van der Waals surface area contributed by atoms with E-state index in [9.17, 15) is 9.59 Å². The van der Waals surface area contributed by atoms with Gasteiger partial charge >= 0.3 is 0 Å². The zero-order chi connectivity index (χ0) is 19.1. The fraction of sp³-hybridized carbons (Fsp3) is 0.333. The van der Waals surface area contributed by atoms with E-state index in [0.29, 0.717) is 17.9 Å². The Bertz CT molecular complexity index is 759. The van der Waals surface area contributed by atoms with Crippen LogP contribution in [-0.4, -0.2) is 32.0 Å². The third kappa shape index (κ3) is 5.34. The second-order valence-electron chi connectivity index (χ2n) is 6.39. The molecule has 0 aliphatic carbocycles. The summed E-state index contributed by atoms with van der Waals surface area (Å²) in [6.07, 6.45) is 0.774. The Morgan fingerprint density at radius 1 is 0.962 bits per heavy atom. The van der Waals surface area contributed by atoms with Crippen molar-refractivity contribution in [2.45, 2.75) is 27.2 Å². The van der Waals surface area contributed by atoms with Crippen LogP contribution >= 0.6 is 0 Å². The molecule has 0 fully saturated rings. The average Bonchev–Trinajstić information content (AvgIpc) is 2.62. The summed E-state index contributed by atoms with van der Waals surface area (Å²) in [5.74, 6) is 0.197. The number of carbonyl (C=O) groups is 2. The van der Waals surface area contributed by atoms with Crippen molar-refractivity contribution >= 4 is 11.8 Å². The Kier molecular flexibility index (Phi) is 6.78. The lowest BCUT2D eigenvalue weighted by molar-refractivity contribution is -0.120. The van der Waals surface area contributed by atoms with Gasteiger partial charge in [-0.05, 0) is 68.1 Å². The zero-order valence-electron chi connectivity index (χ0n) is 15.8. The van der Waals surface area contributed by atoms with Crippen LogP contribution in [0, 0.1) is 20.8 Å². The molecule has 0 aromatic heterocycles. The quantitative estimate of drug-likeness (QED) is 0.803. The van der Waals surface area contributed by atoms with Crippen LogP contribution < -0.4 is 15.4 Å². The minimum atomic E-state index is -0.284. The number of benzene rings is 2. The van der Waals surface area contributed by atoms with Gasteiger partial charge in [0, 0.05) is 12.1 Å². The van der Waals surface area contributed by atoms with E-state index < -0.39 is 0 Å². The van der Waals surface area contributed by atoms with E-state index >= 15 is 0 Å². The van der Waals surface area contributed by atoms with Crippen LogP contribution in [0.3, 0.4) is 0 Å². The second-order valence-corrected chi connectivity index (χ2v) is 6.39. The third-order valence-corrected chi connectivity index (χ3v) is 4.30. The Morgan fingerprint density at radius 2 is 1.58 bits per heavy atom. The fourth-order valence-corrected chi connectivity index (χ4v) is 3.00. The second kappa shape index (κ2) is 9.04. The highest BCUT2D eigenvalue weighted by Crippen LogP contribution is 2.16. The van der Waals surface area contributed by atoms with E-state index in [4.69, 9.17) is 4.74 Å². The minimum Gasteiger partial charge on any atom is -0.497 e. The first-order valence-corrected chi connectivity index (χ1v) is 8.66. The summed E-state index contributed by atoms with van der Waals surface area (Å²) in [5, 5.41) is 5.47. The van der Waals surface area contributed by atoms with Crippen molar-refractivity contribution in [3.05, 3.63) is 64.2 Å². The first-order chi connectivity index (χ1) is 12.4. The van der Waals surface area contributed by atoms with Gasteiger partial charge in [0.2, 0.25) is 5.91 Å². The molecule has 0 radical (unpaired) electrons. The van der Waals surface area contributed by atoms with Crippen molar-refractivity contribution in [2.75, 3.05) is 20.2 Å². The number of aryl methyl sites for hydroxylation is 3. The van der Waals surface area contributed by atoms with Crippen LogP contribution in [0.5, 0.6) is 5.75 Å². The maximum absolute atomic E-state index is 12.0. The van der Waals surface area contributed by atoms with Gasteiger partial charge in [0.1, 0.15) is 5.75 Å². The van der Waals surface area contributed by atoms with Crippen LogP contribution in [0.1, 0.15) is 32.6 Å². The highest BCUT2D eigenvalue weighted by atomic mass is 16.5. The third-order valence-electron chi connectivity index (χ3n) is 4.30. The van der Waals surface area contributed by atoms with Crippen molar-refractivity contribution in [2.24, 2.45) is 0 Å². The first-order valence-electron chi connectivity index (χ1n) is 8.66. The molecular formula is C21H26N2O3. The lowest BCUT2D eigenvalue weighted by Crippen LogP contribution is -2.37. The number of ether oxygens (including phenoxy) is 1. The van der Waals surface area contributed by atoms with Crippen molar-refractivity contribution in [3.8, 4) is 5.75 Å². The molecule has 0 bridgehead atoms. The molecule has 0 unspecified atom stereocenters. The normalized spacial score (nSPS) is 10.3. The van der Waals surface area contributed by atoms with Crippen LogP contribution in [-0.2, 0) is 11.2 Å². The largest absolute Gasteiger partial charge is 0.497 e. The van der Waals surface area contributed by atoms with Gasteiger partial charge < -0.3 is 15.4 Å². The highest BCUT2D eigenvalue weighted by Gasteiger charge is 2.09. The van der Waals surface area contributed by atoms with Gasteiger partial charge in [-0.3, -0.25) is 9.59 Å². The van der Waals surface area contributed by atoms with Gasteiger partial charge in [0.05, 0.1) is 13.7 Å². The van der Waals surface area contributed by atoms with E-state index in [1.165, 1.54) is 22.3 Å². The number of carbonyl (C=O) groups excluding carboxylic acids is 2. The number of amides is 2. The molecule has 2 N–H and O–H groups in total. The molecule has 5 heteroatoms. The lowest BCUT2D eigenvalue weighted by atomic mass is 9.97. The number of hydrogen-bond donors (Lipinski definition) is 2. The smallest absolute Gasteiger partial charge is 0.251 e. The van der Waals surface area contributed by atoms with Gasteiger partial charge in [0.25, 0.3) is 5.91 Å². The first kappa shape index (κ1) is 19.5. The predicted octanol–water partition coefficient (Wildman–Crippen LogP) is 2.71. The molecule has 0 aliphatic rings. The maximum Gasteiger partial charge on any atom is 0.251 e. The molecule has 2 amide bonds. The topological polar surface area (TPSA) is 67.4 Å². The number of nitrogens with one attached hydrogen (secondary N) is 2. The van der Waals surface area contributed by atoms with Crippen LogP contribution in [0.2, 0.25) is 0 Å². The molecule has 138 valence electrons. The average molecular weight is 354 g/mol. The summed E-state index contributed by atoms with van der Waals surface area (Å²) in [6, 6.07) is 11.0. The monoisotopic (exact) mass is 354 g/mol. The van der Waals surface area contributed by atoms with Gasteiger partial charge in [-0.25, -0.2) is 0 Å². The number of methoxy groups -OCH3 is 1. The molecule has 0 saturated carbocycles. The molecule has 2 rings (SSSR count). The Hall–Kier alpha value is -2.82. The zero-order valence-corrected chi connectivity index (χ0v) is 15.8. The van der Waals surface area contributed by atoms with Crippen molar-refractivity contribution in [1.29, 1.82) is 0 Å². The summed E-state index contributed by atoms with van der Waals surface area (Å²) in [7, 11) is 1.57. The van der Waals surface area contributed by atoms with Gasteiger partial charge in [-0.1, -0.05) is 17.7 Å². The number of rotatable bonds is 7. The van der Waals surface area contributed by atoms with E-state index in [0.717, 1.165) is 6.42 Å². The van der Waals surface area contributed by atoms with Crippen LogP contribution in [0.15, 0.2) is 36.4 Å². The molecule has 0 heterocycles. The van der Waals surface area contributed by atoms with E-state index in [-0.39, 0.29) is 18.4 Å². The van der Waals surface area contributed by atoms with Gasteiger partial charge in [0.15, 0.2) is 0 Å². The Labute approximate surface area is 154 Å². The van der Waals surface area contributed by atoms with E-state index in [2.05, 4.69) is 43.5 Å². The summed E-state index contributed by atoms with van der Waals surface area (Å²) in [4.78, 5) is 24.0. The fourth-order valence-electron chi connectivity index (χ4n) is 3.00. The lowest BCUT2D eigenvalue weighted by Gasteiger charge is -2.12. The van der Waals surface area contributed by atoms with Crippen molar-refractivity contribution in [3.63, 3.8) is 0 Å². The molecule has 0 spiro atoms. The number of hydrogen-bond acceptors (Lipinski definition) is 3. The molecule has 26 heavy (non-hydrogen) atoms. The maximum atomic E-state index is 12.0. The molecule has 0 atom stereocenters. The molecule has 0 aliphatic heterocycles. The minimum absolute atomic E-state index is 0.0449. The molecular weight excluding hydrogens is 328 g/mol. The standard InChI is InChI=1S/C21H26N2O3/c1-14-11-15(2)19(16(3)12-14)9-10-22-20(24)13-23-21(25)17-5-7-18(26-4)8-6-17/h5-8,11-12H,9-10,13H2,1-4H3,(H,22,24)(H,23,25). The van der Waals surface area contributed by atoms with E-state index in [1.54, 1.807) is 31.4 Å². The van der Waals surface area contributed by atoms with Crippen LogP contribution in [0.25, 0.3) is 0 Å². The molecule has 2 aromatic rings. The van der Waals surface area contributed by atoms with Crippen LogP contribution in [0.4, 0.5) is 0 Å². The molecule has 0 saturated heterocycles. The summed E-state index contributed by atoms with van der Waals surface area (Å²) in [6.45, 7) is 6.76. The van der Waals surface area contributed by atoms with Crippen molar-refractivity contribution in [1.82, 2.24) is 10.6 Å². The van der Waals surface area contributed by atoms with Crippen molar-refractivity contribution < 1.29 is 14.3 Å². The summed E-state index contributed by atoms with van der Waals surface area (Å²) >= 11 is 0.